The Bertz CT molecular complexity index is 440. The molecule has 0 heterocycles. The Hall–Kier alpha value is -0.580. The molecule has 0 atom stereocenters. The Labute approximate surface area is 96.0 Å². The van der Waals surface area contributed by atoms with Crippen molar-refractivity contribution in [1.82, 2.24) is 0 Å². The van der Waals surface area contributed by atoms with Gasteiger partial charge in [-0.25, -0.2) is 8.42 Å². The molecule has 0 aliphatic heterocycles. The molecule has 1 saturated carbocycles. The minimum atomic E-state index is -3.09. The third-order valence-electron chi connectivity index (χ3n) is 2.46. The average molecular weight is 248 g/mol. The van der Waals surface area contributed by atoms with Crippen molar-refractivity contribution in [3.8, 4) is 0 Å². The topological polar surface area (TPSA) is 60.2 Å². The van der Waals surface area contributed by atoms with E-state index in [0.717, 1.165) is 18.4 Å². The molecule has 1 aromatic carbocycles. The molecule has 5 heteroatoms. The lowest BCUT2D eigenvalue weighted by Gasteiger charge is -2.07. The van der Waals surface area contributed by atoms with Crippen molar-refractivity contribution >= 4 is 22.2 Å². The van der Waals surface area contributed by atoms with Crippen molar-refractivity contribution in [3.63, 3.8) is 0 Å². The molecular weight excluding hydrogens is 234 g/mol. The Morgan fingerprint density at radius 2 is 1.87 bits per heavy atom. The third-order valence-corrected chi connectivity index (χ3v) is 4.82. The smallest absolute Gasteiger partial charge is 0.181 e. The highest BCUT2D eigenvalue weighted by atomic mass is 35.5. The highest BCUT2D eigenvalue weighted by molar-refractivity contribution is 7.92. The second-order valence-electron chi connectivity index (χ2n) is 3.56. The van der Waals surface area contributed by atoms with Gasteiger partial charge in [-0.3, -0.25) is 0 Å². The molecule has 0 saturated heterocycles. The molecule has 84 valence electrons. The van der Waals surface area contributed by atoms with Gasteiger partial charge in [-0.2, -0.15) is 0 Å². The molecule has 2 rings (SSSR count). The molecular formula is C10H14ClNO2S. The number of nitrogens with two attached hydrogens (primary N) is 1. The van der Waals surface area contributed by atoms with E-state index in [-0.39, 0.29) is 24.2 Å². The van der Waals surface area contributed by atoms with E-state index in [1.54, 1.807) is 18.2 Å². The first-order valence-electron chi connectivity index (χ1n) is 4.68. The first-order chi connectivity index (χ1) is 6.66. The van der Waals surface area contributed by atoms with E-state index < -0.39 is 9.84 Å². The van der Waals surface area contributed by atoms with Crippen LogP contribution in [-0.2, 0) is 16.4 Å². The van der Waals surface area contributed by atoms with Crippen LogP contribution in [0.2, 0.25) is 0 Å². The Morgan fingerprint density at radius 1 is 1.27 bits per heavy atom. The zero-order valence-corrected chi connectivity index (χ0v) is 9.85. The van der Waals surface area contributed by atoms with Gasteiger partial charge in [-0.1, -0.05) is 18.2 Å². The van der Waals surface area contributed by atoms with Crippen LogP contribution < -0.4 is 5.73 Å². The van der Waals surface area contributed by atoms with Crippen molar-refractivity contribution in [2.75, 3.05) is 0 Å². The fourth-order valence-corrected chi connectivity index (χ4v) is 3.41. The molecule has 1 aliphatic rings. The largest absolute Gasteiger partial charge is 0.326 e. The first kappa shape index (κ1) is 12.5. The molecule has 3 nitrogen and oxygen atoms in total. The normalized spacial score (nSPS) is 15.8. The van der Waals surface area contributed by atoms with Gasteiger partial charge in [0.1, 0.15) is 0 Å². The van der Waals surface area contributed by atoms with E-state index in [2.05, 4.69) is 0 Å². The van der Waals surface area contributed by atoms with Gasteiger partial charge in [0.05, 0.1) is 10.1 Å². The second kappa shape index (κ2) is 4.51. The Morgan fingerprint density at radius 3 is 2.40 bits per heavy atom. The maximum Gasteiger partial charge on any atom is 0.181 e. The lowest BCUT2D eigenvalue weighted by Crippen LogP contribution is -2.11. The molecule has 1 aliphatic carbocycles. The van der Waals surface area contributed by atoms with E-state index in [0.29, 0.717) is 4.90 Å². The number of benzene rings is 1. The van der Waals surface area contributed by atoms with Crippen LogP contribution in [0.25, 0.3) is 0 Å². The summed E-state index contributed by atoms with van der Waals surface area (Å²) in [5.41, 5.74) is 6.23. The molecule has 0 bridgehead atoms. The number of halogens is 1. The summed E-state index contributed by atoms with van der Waals surface area (Å²) in [6.45, 7) is 0.280. The van der Waals surface area contributed by atoms with Gasteiger partial charge in [0, 0.05) is 6.54 Å². The van der Waals surface area contributed by atoms with Gasteiger partial charge in [0.15, 0.2) is 9.84 Å². The molecule has 1 fully saturated rings. The fraction of sp³-hybridized carbons (Fsp3) is 0.400. The minimum Gasteiger partial charge on any atom is -0.326 e. The molecule has 0 unspecified atom stereocenters. The van der Waals surface area contributed by atoms with Crippen LogP contribution in [0.5, 0.6) is 0 Å². The summed E-state index contributed by atoms with van der Waals surface area (Å²) >= 11 is 0. The predicted octanol–water partition coefficient (Wildman–Crippen LogP) is 1.50. The second-order valence-corrected chi connectivity index (χ2v) is 5.75. The maximum atomic E-state index is 11.9. The molecule has 1 aromatic rings. The number of rotatable bonds is 3. The predicted molar refractivity (Wildman–Crippen MR) is 61.8 cm³/mol. The summed E-state index contributed by atoms with van der Waals surface area (Å²) < 4.78 is 23.8. The molecule has 2 N–H and O–H groups in total. The van der Waals surface area contributed by atoms with Crippen LogP contribution in [-0.4, -0.2) is 13.7 Å². The van der Waals surface area contributed by atoms with Crippen molar-refractivity contribution in [3.05, 3.63) is 29.8 Å². The summed E-state index contributed by atoms with van der Waals surface area (Å²) in [5.74, 6) is 0. The zero-order valence-electron chi connectivity index (χ0n) is 8.22. The summed E-state index contributed by atoms with van der Waals surface area (Å²) in [5, 5.41) is -0.157. The SMILES string of the molecule is Cl.NCc1ccccc1S(=O)(=O)C1CC1. The van der Waals surface area contributed by atoms with Crippen LogP contribution in [0.3, 0.4) is 0 Å². The quantitative estimate of drug-likeness (QED) is 0.881. The minimum absolute atomic E-state index is 0. The summed E-state index contributed by atoms with van der Waals surface area (Å²) in [6.07, 6.45) is 1.59. The van der Waals surface area contributed by atoms with Gasteiger partial charge < -0.3 is 5.73 Å². The molecule has 0 spiro atoms. The van der Waals surface area contributed by atoms with Crippen LogP contribution in [0, 0.1) is 0 Å². The van der Waals surface area contributed by atoms with Crippen LogP contribution in [0.4, 0.5) is 0 Å². The third kappa shape index (κ3) is 2.33. The highest BCUT2D eigenvalue weighted by Gasteiger charge is 2.37. The zero-order chi connectivity index (χ0) is 10.2. The van der Waals surface area contributed by atoms with Gasteiger partial charge >= 0.3 is 0 Å². The molecule has 0 amide bonds. The van der Waals surface area contributed by atoms with Gasteiger partial charge in [-0.05, 0) is 24.5 Å². The van der Waals surface area contributed by atoms with E-state index in [9.17, 15) is 8.42 Å². The van der Waals surface area contributed by atoms with Gasteiger partial charge in [0.25, 0.3) is 0 Å². The Balaban J connectivity index is 0.00000112. The van der Waals surface area contributed by atoms with E-state index in [4.69, 9.17) is 5.73 Å². The van der Waals surface area contributed by atoms with Crippen molar-refractivity contribution in [2.24, 2.45) is 5.73 Å². The first-order valence-corrected chi connectivity index (χ1v) is 6.23. The highest BCUT2D eigenvalue weighted by Crippen LogP contribution is 2.34. The van der Waals surface area contributed by atoms with E-state index in [1.807, 2.05) is 6.07 Å². The lowest BCUT2D eigenvalue weighted by molar-refractivity contribution is 0.593. The molecule has 0 radical (unpaired) electrons. The number of hydrogen-bond donors (Lipinski definition) is 1. The van der Waals surface area contributed by atoms with E-state index in [1.165, 1.54) is 0 Å². The average Bonchev–Trinajstić information content (AvgIpc) is 3.01. The van der Waals surface area contributed by atoms with Gasteiger partial charge in [0.2, 0.25) is 0 Å². The van der Waals surface area contributed by atoms with E-state index >= 15 is 0 Å². The monoisotopic (exact) mass is 247 g/mol. The maximum absolute atomic E-state index is 11.9. The summed E-state index contributed by atoms with van der Waals surface area (Å²) in [7, 11) is -3.09. The molecule has 0 aromatic heterocycles. The van der Waals surface area contributed by atoms with Crippen molar-refractivity contribution < 1.29 is 8.42 Å². The standard InChI is InChI=1S/C10H13NO2S.ClH/c11-7-8-3-1-2-4-10(8)14(12,13)9-5-6-9;/h1-4,9H,5-7,11H2;1H. The fourth-order valence-electron chi connectivity index (χ4n) is 1.51. The van der Waals surface area contributed by atoms with Crippen molar-refractivity contribution in [2.45, 2.75) is 29.5 Å². The van der Waals surface area contributed by atoms with Crippen LogP contribution in [0.1, 0.15) is 18.4 Å². The summed E-state index contributed by atoms with van der Waals surface area (Å²) in [6, 6.07) is 6.98. The number of sulfone groups is 1. The van der Waals surface area contributed by atoms with Crippen LogP contribution >= 0.6 is 12.4 Å². The number of hydrogen-bond acceptors (Lipinski definition) is 3. The summed E-state index contributed by atoms with van der Waals surface area (Å²) in [4.78, 5) is 0.421. The van der Waals surface area contributed by atoms with Crippen LogP contribution in [0.15, 0.2) is 29.2 Å². The Kier molecular flexibility index (Phi) is 3.76. The van der Waals surface area contributed by atoms with Gasteiger partial charge in [-0.15, -0.1) is 12.4 Å². The molecule has 15 heavy (non-hydrogen) atoms. The van der Waals surface area contributed by atoms with Crippen molar-refractivity contribution in [1.29, 1.82) is 0 Å². The lowest BCUT2D eigenvalue weighted by atomic mass is 10.2.